The van der Waals surface area contributed by atoms with Crippen LogP contribution < -0.4 is 5.32 Å². The lowest BCUT2D eigenvalue weighted by atomic mass is 10.1. The van der Waals surface area contributed by atoms with Gasteiger partial charge in [0.15, 0.2) is 0 Å². The molecular formula is C15H13BrFNO2. The average Bonchev–Trinajstić information content (AvgIpc) is 2.41. The van der Waals surface area contributed by atoms with Crippen LogP contribution in [0.15, 0.2) is 46.9 Å². The van der Waals surface area contributed by atoms with E-state index in [0.29, 0.717) is 22.1 Å². The number of hydrogen-bond donors (Lipinski definition) is 2. The van der Waals surface area contributed by atoms with Crippen LogP contribution >= 0.6 is 15.9 Å². The monoisotopic (exact) mass is 337 g/mol. The van der Waals surface area contributed by atoms with Crippen LogP contribution in [0.1, 0.15) is 15.9 Å². The maximum atomic E-state index is 13.0. The highest BCUT2D eigenvalue weighted by Crippen LogP contribution is 2.20. The molecular weight excluding hydrogens is 325 g/mol. The van der Waals surface area contributed by atoms with Gasteiger partial charge in [-0.1, -0.05) is 12.1 Å². The number of halogens is 2. The third-order valence-electron chi connectivity index (χ3n) is 2.79. The lowest BCUT2D eigenvalue weighted by molar-refractivity contribution is 0.102. The van der Waals surface area contributed by atoms with Crippen LogP contribution in [0.4, 0.5) is 10.1 Å². The number of carbonyl (C=O) groups excluding carboxylic acids is 1. The van der Waals surface area contributed by atoms with E-state index < -0.39 is 5.82 Å². The summed E-state index contributed by atoms with van der Waals surface area (Å²) in [6.45, 7) is 0.0915. The normalized spacial score (nSPS) is 10.3. The summed E-state index contributed by atoms with van der Waals surface area (Å²) >= 11 is 3.16. The number of hydrogen-bond acceptors (Lipinski definition) is 2. The zero-order valence-electron chi connectivity index (χ0n) is 10.6. The molecule has 0 atom stereocenters. The Balaban J connectivity index is 2.11. The number of aliphatic hydroxyl groups is 1. The van der Waals surface area contributed by atoms with E-state index in [1.54, 1.807) is 12.1 Å². The van der Waals surface area contributed by atoms with Gasteiger partial charge in [0.1, 0.15) is 5.82 Å². The van der Waals surface area contributed by atoms with Crippen molar-refractivity contribution in [3.8, 4) is 0 Å². The minimum atomic E-state index is -0.401. The second-order valence-electron chi connectivity index (χ2n) is 4.25. The fraction of sp³-hybridized carbons (Fsp3) is 0.133. The Hall–Kier alpha value is -1.72. The van der Waals surface area contributed by atoms with Crippen molar-refractivity contribution in [3.05, 3.63) is 63.9 Å². The molecule has 0 aliphatic rings. The van der Waals surface area contributed by atoms with Gasteiger partial charge in [-0.05, 0) is 58.2 Å². The highest BCUT2D eigenvalue weighted by molar-refractivity contribution is 9.10. The average molecular weight is 338 g/mol. The quantitative estimate of drug-likeness (QED) is 0.898. The van der Waals surface area contributed by atoms with Crippen molar-refractivity contribution in [1.29, 1.82) is 0 Å². The molecule has 0 unspecified atom stereocenters. The largest absolute Gasteiger partial charge is 0.396 e. The van der Waals surface area contributed by atoms with E-state index in [2.05, 4.69) is 21.2 Å². The second kappa shape index (κ2) is 6.63. The molecule has 2 N–H and O–H groups in total. The Morgan fingerprint density at radius 1 is 1.20 bits per heavy atom. The lowest BCUT2D eigenvalue weighted by Crippen LogP contribution is -2.12. The molecule has 5 heteroatoms. The molecule has 0 heterocycles. The zero-order valence-corrected chi connectivity index (χ0v) is 12.2. The molecule has 0 aliphatic carbocycles. The van der Waals surface area contributed by atoms with Crippen LogP contribution in [-0.2, 0) is 6.42 Å². The van der Waals surface area contributed by atoms with Crippen LogP contribution in [0.3, 0.4) is 0 Å². The van der Waals surface area contributed by atoms with Crippen LogP contribution in [-0.4, -0.2) is 17.6 Å². The smallest absolute Gasteiger partial charge is 0.256 e. The highest BCUT2D eigenvalue weighted by atomic mass is 79.9. The van der Waals surface area contributed by atoms with Crippen molar-refractivity contribution >= 4 is 27.5 Å². The molecule has 0 aromatic heterocycles. The molecule has 2 rings (SSSR count). The molecule has 0 spiro atoms. The first kappa shape index (κ1) is 14.7. The molecule has 3 nitrogen and oxygen atoms in total. The van der Waals surface area contributed by atoms with Gasteiger partial charge in [-0.2, -0.15) is 0 Å². The molecule has 2 aromatic rings. The van der Waals surface area contributed by atoms with Gasteiger partial charge in [-0.15, -0.1) is 0 Å². The Morgan fingerprint density at radius 2 is 1.90 bits per heavy atom. The lowest BCUT2D eigenvalue weighted by Gasteiger charge is -2.08. The molecule has 1 amide bonds. The van der Waals surface area contributed by atoms with E-state index in [9.17, 15) is 9.18 Å². The fourth-order valence-corrected chi connectivity index (χ4v) is 2.29. The summed E-state index contributed by atoms with van der Waals surface area (Å²) in [5, 5.41) is 11.6. The van der Waals surface area contributed by atoms with E-state index >= 15 is 0 Å². The van der Waals surface area contributed by atoms with Crippen molar-refractivity contribution < 1.29 is 14.3 Å². The molecule has 0 radical (unpaired) electrons. The molecule has 2 aromatic carbocycles. The zero-order chi connectivity index (χ0) is 14.5. The first-order valence-corrected chi connectivity index (χ1v) is 6.85. The van der Waals surface area contributed by atoms with Gasteiger partial charge < -0.3 is 10.4 Å². The topological polar surface area (TPSA) is 49.3 Å². The van der Waals surface area contributed by atoms with E-state index in [4.69, 9.17) is 5.11 Å². The Bertz CT molecular complexity index is 614. The molecule has 0 bridgehead atoms. The standard InChI is InChI=1S/C15H13BrFNO2/c16-14-9-11(17)3-6-13(14)15(20)18-12-4-1-10(2-5-12)7-8-19/h1-6,9,19H,7-8H2,(H,18,20). The Kier molecular flexibility index (Phi) is 4.87. The third kappa shape index (κ3) is 3.65. The number of aliphatic hydroxyl groups excluding tert-OH is 1. The molecule has 0 saturated carbocycles. The minimum absolute atomic E-state index is 0.0915. The number of amides is 1. The summed E-state index contributed by atoms with van der Waals surface area (Å²) in [4.78, 5) is 12.1. The summed E-state index contributed by atoms with van der Waals surface area (Å²) < 4.78 is 13.4. The maximum Gasteiger partial charge on any atom is 0.256 e. The van der Waals surface area contributed by atoms with Crippen molar-refractivity contribution in [2.45, 2.75) is 6.42 Å². The van der Waals surface area contributed by atoms with E-state index in [1.165, 1.54) is 18.2 Å². The Morgan fingerprint density at radius 3 is 2.50 bits per heavy atom. The number of rotatable bonds is 4. The van der Waals surface area contributed by atoms with E-state index in [-0.39, 0.29) is 12.5 Å². The van der Waals surface area contributed by atoms with E-state index in [0.717, 1.165) is 5.56 Å². The number of carbonyl (C=O) groups is 1. The van der Waals surface area contributed by atoms with Crippen LogP contribution in [0.25, 0.3) is 0 Å². The summed E-state index contributed by atoms with van der Waals surface area (Å²) in [5.74, 6) is -0.714. The molecule has 104 valence electrons. The first-order valence-electron chi connectivity index (χ1n) is 6.06. The SMILES string of the molecule is O=C(Nc1ccc(CCO)cc1)c1ccc(F)cc1Br. The van der Waals surface area contributed by atoms with Gasteiger partial charge in [0.2, 0.25) is 0 Å². The van der Waals surface area contributed by atoms with Crippen LogP contribution in [0, 0.1) is 5.82 Å². The minimum Gasteiger partial charge on any atom is -0.396 e. The number of benzene rings is 2. The second-order valence-corrected chi connectivity index (χ2v) is 5.10. The van der Waals surface area contributed by atoms with Gasteiger partial charge in [0.05, 0.1) is 5.56 Å². The van der Waals surface area contributed by atoms with Crippen LogP contribution in [0.2, 0.25) is 0 Å². The molecule has 0 saturated heterocycles. The van der Waals surface area contributed by atoms with Crippen molar-refractivity contribution in [2.75, 3.05) is 11.9 Å². The predicted molar refractivity (Wildman–Crippen MR) is 79.3 cm³/mol. The molecule has 20 heavy (non-hydrogen) atoms. The third-order valence-corrected chi connectivity index (χ3v) is 3.44. The summed E-state index contributed by atoms with van der Waals surface area (Å²) in [6, 6.07) is 11.1. The maximum absolute atomic E-state index is 13.0. The molecule has 0 fully saturated rings. The van der Waals surface area contributed by atoms with Gasteiger partial charge in [0.25, 0.3) is 5.91 Å². The van der Waals surface area contributed by atoms with Crippen molar-refractivity contribution in [2.24, 2.45) is 0 Å². The highest BCUT2D eigenvalue weighted by Gasteiger charge is 2.10. The van der Waals surface area contributed by atoms with Gasteiger partial charge in [0, 0.05) is 16.8 Å². The van der Waals surface area contributed by atoms with Crippen molar-refractivity contribution in [3.63, 3.8) is 0 Å². The molecule has 0 aliphatic heterocycles. The summed E-state index contributed by atoms with van der Waals surface area (Å²) in [6.07, 6.45) is 0.581. The fourth-order valence-electron chi connectivity index (χ4n) is 1.76. The Labute approximate surface area is 124 Å². The number of anilines is 1. The summed E-state index contributed by atoms with van der Waals surface area (Å²) in [5.41, 5.74) is 2.01. The van der Waals surface area contributed by atoms with Crippen molar-refractivity contribution in [1.82, 2.24) is 0 Å². The van der Waals surface area contributed by atoms with E-state index in [1.807, 2.05) is 12.1 Å². The van der Waals surface area contributed by atoms with Gasteiger partial charge in [-0.3, -0.25) is 4.79 Å². The van der Waals surface area contributed by atoms with Gasteiger partial charge in [-0.25, -0.2) is 4.39 Å². The van der Waals surface area contributed by atoms with Crippen LogP contribution in [0.5, 0.6) is 0 Å². The first-order chi connectivity index (χ1) is 9.60. The predicted octanol–water partition coefficient (Wildman–Crippen LogP) is 3.38. The summed E-state index contributed by atoms with van der Waals surface area (Å²) in [7, 11) is 0. The number of nitrogens with one attached hydrogen (secondary N) is 1. The van der Waals surface area contributed by atoms with Gasteiger partial charge >= 0.3 is 0 Å².